The van der Waals surface area contributed by atoms with E-state index in [4.69, 9.17) is 14.2 Å². The van der Waals surface area contributed by atoms with Crippen LogP contribution >= 0.6 is 0 Å². The van der Waals surface area contributed by atoms with Gasteiger partial charge in [0.05, 0.1) is 6.10 Å². The van der Waals surface area contributed by atoms with Crippen LogP contribution in [0.2, 0.25) is 0 Å². The first-order chi connectivity index (χ1) is 26.9. The molecule has 13 unspecified atom stereocenters. The van der Waals surface area contributed by atoms with Crippen LogP contribution in [0.3, 0.4) is 0 Å². The zero-order valence-electron chi connectivity index (χ0n) is 36.1. The quantitative estimate of drug-likeness (QED) is 0.0642. The lowest BCUT2D eigenvalue weighted by Gasteiger charge is -2.58. The van der Waals surface area contributed by atoms with E-state index in [1.54, 1.807) is 0 Å². The molecule has 5 rings (SSSR count). The summed E-state index contributed by atoms with van der Waals surface area (Å²) in [5.74, 6) is 4.39. The van der Waals surface area contributed by atoms with Crippen LogP contribution in [0.25, 0.3) is 0 Å². The third kappa shape index (κ3) is 11.3. The molecule has 4 aliphatic carbocycles. The Labute approximate surface area is 340 Å². The van der Waals surface area contributed by atoms with Crippen molar-refractivity contribution in [3.63, 3.8) is 0 Å². The van der Waals surface area contributed by atoms with Gasteiger partial charge in [0.15, 0.2) is 6.29 Å². The number of allylic oxidation sites excluding steroid dienone is 7. The first-order valence-corrected chi connectivity index (χ1v) is 23.0. The van der Waals surface area contributed by atoms with Crippen LogP contribution in [0, 0.1) is 46.3 Å². The Kier molecular flexibility index (Phi) is 17.4. The minimum atomic E-state index is -1.45. The van der Waals surface area contributed by atoms with Gasteiger partial charge >= 0.3 is 5.97 Å². The number of carbonyl (C=O) groups is 1. The standard InChI is InChI=1S/C49H80O7/c1-7-8-9-10-11-12-13-14-15-16-17-18-19-23-43(50)54-33-42-44(51)45(52)46(53)47(56-42)55-37-28-30-48(5)36(32-37)24-25-38-40-27-26-39(35(4)22-20-21-34(2)3)49(40,6)31-29-41(38)48/h8-9,11-12,14-15,24,34-35,37-42,44-47,51-53H,7,10,13,16-23,25-33H2,1-6H3/b9-8-,12-11-,15-14-. The van der Waals surface area contributed by atoms with Gasteiger partial charge in [0, 0.05) is 6.42 Å². The van der Waals surface area contributed by atoms with E-state index in [1.807, 2.05) is 0 Å². The normalized spacial score (nSPS) is 37.9. The summed E-state index contributed by atoms with van der Waals surface area (Å²) in [6, 6.07) is 0. The molecular formula is C49H80O7. The summed E-state index contributed by atoms with van der Waals surface area (Å²) in [4.78, 5) is 12.5. The fourth-order valence-corrected chi connectivity index (χ4v) is 11.9. The van der Waals surface area contributed by atoms with Crippen molar-refractivity contribution in [3.05, 3.63) is 48.1 Å². The van der Waals surface area contributed by atoms with Gasteiger partial charge in [-0.2, -0.15) is 0 Å². The molecule has 56 heavy (non-hydrogen) atoms. The second kappa shape index (κ2) is 21.5. The van der Waals surface area contributed by atoms with Gasteiger partial charge in [0.25, 0.3) is 0 Å². The molecule has 0 aromatic rings. The Bertz CT molecular complexity index is 1340. The highest BCUT2D eigenvalue weighted by atomic mass is 16.7. The summed E-state index contributed by atoms with van der Waals surface area (Å²) in [5, 5.41) is 32.4. The highest BCUT2D eigenvalue weighted by molar-refractivity contribution is 5.69. The maximum atomic E-state index is 12.5. The van der Waals surface area contributed by atoms with Gasteiger partial charge in [0.2, 0.25) is 0 Å². The molecule has 318 valence electrons. The van der Waals surface area contributed by atoms with Crippen molar-refractivity contribution in [2.24, 2.45) is 46.3 Å². The summed E-state index contributed by atoms with van der Waals surface area (Å²) < 4.78 is 17.9. The number of unbranched alkanes of at least 4 members (excludes halogenated alkanes) is 3. The fourth-order valence-electron chi connectivity index (χ4n) is 11.9. The molecule has 7 nitrogen and oxygen atoms in total. The van der Waals surface area contributed by atoms with Crippen LogP contribution in [0.4, 0.5) is 0 Å². The lowest BCUT2D eigenvalue weighted by molar-refractivity contribution is -0.313. The van der Waals surface area contributed by atoms with E-state index < -0.39 is 30.7 Å². The molecule has 0 bridgehead atoms. The first kappa shape index (κ1) is 45.3. The average Bonchev–Trinajstić information content (AvgIpc) is 3.53. The monoisotopic (exact) mass is 781 g/mol. The molecule has 0 spiro atoms. The summed E-state index contributed by atoms with van der Waals surface area (Å²) in [6.07, 6.45) is 29.6. The van der Waals surface area contributed by atoms with Crippen molar-refractivity contribution in [3.8, 4) is 0 Å². The largest absolute Gasteiger partial charge is 0.463 e. The summed E-state index contributed by atoms with van der Waals surface area (Å²) in [6.45, 7) is 14.4. The number of hydrogen-bond acceptors (Lipinski definition) is 7. The highest BCUT2D eigenvalue weighted by Gasteiger charge is 2.59. The Balaban J connectivity index is 1.05. The zero-order chi connectivity index (χ0) is 40.3. The van der Waals surface area contributed by atoms with Crippen LogP contribution in [-0.2, 0) is 19.0 Å². The van der Waals surface area contributed by atoms with E-state index in [1.165, 1.54) is 50.5 Å². The Hall–Kier alpha value is -1.77. The molecule has 0 aromatic carbocycles. The molecule has 1 heterocycles. The SMILES string of the molecule is CC/C=C\C/C=C\C/C=C\CCCCCC(=O)OCC1OC(OC2CCC3(C)C(=CCC4C3CCC3(C)C(C(C)CCCC(C)C)CCC43)C2)C(O)C(O)C1O. The number of ether oxygens (including phenoxy) is 3. The molecule has 1 saturated heterocycles. The summed E-state index contributed by atoms with van der Waals surface area (Å²) in [7, 11) is 0. The molecule has 1 aliphatic heterocycles. The van der Waals surface area contributed by atoms with E-state index in [0.717, 1.165) is 100 Å². The van der Waals surface area contributed by atoms with Crippen LogP contribution in [0.1, 0.15) is 164 Å². The van der Waals surface area contributed by atoms with Gasteiger partial charge in [-0.05, 0) is 136 Å². The predicted molar refractivity (Wildman–Crippen MR) is 226 cm³/mol. The number of carbonyl (C=O) groups excluding carboxylic acids is 1. The number of rotatable bonds is 20. The average molecular weight is 781 g/mol. The van der Waals surface area contributed by atoms with Crippen LogP contribution in [0.5, 0.6) is 0 Å². The van der Waals surface area contributed by atoms with Crippen LogP contribution < -0.4 is 0 Å². The summed E-state index contributed by atoms with van der Waals surface area (Å²) in [5.41, 5.74) is 2.13. The van der Waals surface area contributed by atoms with Gasteiger partial charge in [-0.1, -0.05) is 115 Å². The van der Waals surface area contributed by atoms with Gasteiger partial charge in [-0.25, -0.2) is 0 Å². The minimum absolute atomic E-state index is 0.146. The van der Waals surface area contributed by atoms with E-state index in [9.17, 15) is 20.1 Å². The van der Waals surface area contributed by atoms with Crippen molar-refractivity contribution in [1.82, 2.24) is 0 Å². The molecule has 3 saturated carbocycles. The highest BCUT2D eigenvalue weighted by Crippen LogP contribution is 2.67. The Morgan fingerprint density at radius 3 is 2.36 bits per heavy atom. The molecule has 7 heteroatoms. The lowest BCUT2D eigenvalue weighted by Crippen LogP contribution is -2.60. The van der Waals surface area contributed by atoms with E-state index in [-0.39, 0.29) is 24.1 Å². The molecule has 3 N–H and O–H groups in total. The van der Waals surface area contributed by atoms with Crippen molar-refractivity contribution >= 4 is 5.97 Å². The number of hydrogen-bond donors (Lipinski definition) is 3. The van der Waals surface area contributed by atoms with Crippen LogP contribution in [-0.4, -0.2) is 64.7 Å². The second-order valence-corrected chi connectivity index (χ2v) is 19.4. The van der Waals surface area contributed by atoms with Crippen molar-refractivity contribution in [1.29, 1.82) is 0 Å². The molecule has 5 aliphatic rings. The van der Waals surface area contributed by atoms with Gasteiger partial charge < -0.3 is 29.5 Å². The minimum Gasteiger partial charge on any atom is -0.463 e. The number of fused-ring (bicyclic) bond motifs is 5. The van der Waals surface area contributed by atoms with Crippen molar-refractivity contribution in [2.45, 2.75) is 200 Å². The Morgan fingerprint density at radius 2 is 1.61 bits per heavy atom. The topological polar surface area (TPSA) is 105 Å². The van der Waals surface area contributed by atoms with Gasteiger partial charge in [0.1, 0.15) is 31.0 Å². The molecule has 0 aromatic heterocycles. The van der Waals surface area contributed by atoms with Crippen molar-refractivity contribution < 1.29 is 34.3 Å². The Morgan fingerprint density at radius 1 is 0.857 bits per heavy atom. The molecule has 13 atom stereocenters. The first-order valence-electron chi connectivity index (χ1n) is 23.0. The second-order valence-electron chi connectivity index (χ2n) is 19.4. The number of esters is 1. The lowest BCUT2D eigenvalue weighted by atomic mass is 9.47. The summed E-state index contributed by atoms with van der Waals surface area (Å²) >= 11 is 0. The maximum Gasteiger partial charge on any atom is 0.305 e. The van der Waals surface area contributed by atoms with Crippen molar-refractivity contribution in [2.75, 3.05) is 6.61 Å². The molecular weight excluding hydrogens is 701 g/mol. The predicted octanol–water partition coefficient (Wildman–Crippen LogP) is 10.6. The molecule has 0 radical (unpaired) electrons. The number of aliphatic hydroxyl groups excluding tert-OH is 3. The maximum absolute atomic E-state index is 12.5. The van der Waals surface area contributed by atoms with Crippen LogP contribution in [0.15, 0.2) is 48.1 Å². The number of aliphatic hydroxyl groups is 3. The smallest absolute Gasteiger partial charge is 0.305 e. The van der Waals surface area contributed by atoms with Gasteiger partial charge in [-0.3, -0.25) is 4.79 Å². The van der Waals surface area contributed by atoms with Gasteiger partial charge in [-0.15, -0.1) is 0 Å². The van der Waals surface area contributed by atoms with E-state index in [2.05, 4.69) is 84.1 Å². The molecule has 4 fully saturated rings. The fraction of sp³-hybridized carbons (Fsp3) is 0.816. The third-order valence-electron chi connectivity index (χ3n) is 15.2. The third-order valence-corrected chi connectivity index (χ3v) is 15.2. The zero-order valence-corrected chi connectivity index (χ0v) is 36.1. The van der Waals surface area contributed by atoms with E-state index in [0.29, 0.717) is 17.8 Å². The van der Waals surface area contributed by atoms with E-state index >= 15 is 0 Å². The molecule has 0 amide bonds.